The number of aromatic nitrogens is 2. The quantitative estimate of drug-likeness (QED) is 0.527. The van der Waals surface area contributed by atoms with E-state index in [1.807, 2.05) is 41.3 Å². The van der Waals surface area contributed by atoms with Crippen LogP contribution in [0.3, 0.4) is 0 Å². The second-order valence-electron chi connectivity index (χ2n) is 9.47. The highest BCUT2D eigenvalue weighted by Crippen LogP contribution is 2.35. The second-order valence-corrected chi connectivity index (χ2v) is 9.91. The lowest BCUT2D eigenvalue weighted by Gasteiger charge is -2.28. The summed E-state index contributed by atoms with van der Waals surface area (Å²) in [5.41, 5.74) is 3.23. The van der Waals surface area contributed by atoms with Crippen LogP contribution in [0.2, 0.25) is 5.02 Å². The zero-order valence-electron chi connectivity index (χ0n) is 20.2. The van der Waals surface area contributed by atoms with E-state index in [-0.39, 0.29) is 17.7 Å². The molecule has 0 spiro atoms. The monoisotopic (exact) mass is 503 g/mol. The summed E-state index contributed by atoms with van der Waals surface area (Å²) in [6, 6.07) is 16.0. The fraction of sp³-hybridized carbons (Fsp3) is 0.357. The van der Waals surface area contributed by atoms with E-state index in [1.165, 1.54) is 18.0 Å². The molecule has 2 amide bonds. The van der Waals surface area contributed by atoms with E-state index in [0.29, 0.717) is 36.9 Å². The van der Waals surface area contributed by atoms with Gasteiger partial charge in [-0.3, -0.25) is 19.5 Å². The Kier molecular flexibility index (Phi) is 7.58. The summed E-state index contributed by atoms with van der Waals surface area (Å²) >= 11 is 6.40. The van der Waals surface area contributed by atoms with Crippen LogP contribution in [0.1, 0.15) is 40.9 Å². The molecule has 1 aliphatic carbocycles. The van der Waals surface area contributed by atoms with Gasteiger partial charge in [-0.1, -0.05) is 48.0 Å². The summed E-state index contributed by atoms with van der Waals surface area (Å²) in [5.74, 6) is 0.0573. The summed E-state index contributed by atoms with van der Waals surface area (Å²) in [7, 11) is 0. The zero-order valence-corrected chi connectivity index (χ0v) is 21.0. The van der Waals surface area contributed by atoms with E-state index in [2.05, 4.69) is 27.0 Å². The molecule has 36 heavy (non-hydrogen) atoms. The van der Waals surface area contributed by atoms with Crippen molar-refractivity contribution in [3.05, 3.63) is 89.0 Å². The summed E-state index contributed by atoms with van der Waals surface area (Å²) in [6.45, 7) is 3.80. The first kappa shape index (κ1) is 24.4. The Morgan fingerprint density at radius 3 is 2.56 bits per heavy atom. The first-order valence-corrected chi connectivity index (χ1v) is 12.9. The third kappa shape index (κ3) is 5.91. The molecule has 1 saturated carbocycles. The molecule has 2 heterocycles. The average Bonchev–Trinajstić information content (AvgIpc) is 3.75. The molecule has 1 aromatic heterocycles. The van der Waals surface area contributed by atoms with Crippen LogP contribution in [0.15, 0.2) is 67.1 Å². The normalized spacial score (nSPS) is 17.2. The minimum Gasteiger partial charge on any atom is -0.332 e. The molecule has 2 aliphatic rings. The highest BCUT2D eigenvalue weighted by molar-refractivity contribution is 6.31. The van der Waals surface area contributed by atoms with Gasteiger partial charge in [-0.05, 0) is 42.5 Å². The van der Waals surface area contributed by atoms with Crippen LogP contribution in [0.5, 0.6) is 0 Å². The Morgan fingerprint density at radius 2 is 1.81 bits per heavy atom. The summed E-state index contributed by atoms with van der Waals surface area (Å²) in [4.78, 5) is 41.3. The highest BCUT2D eigenvalue weighted by Gasteiger charge is 2.35. The predicted molar refractivity (Wildman–Crippen MR) is 140 cm³/mol. The van der Waals surface area contributed by atoms with Gasteiger partial charge in [0, 0.05) is 62.6 Å². The van der Waals surface area contributed by atoms with E-state index < -0.39 is 0 Å². The van der Waals surface area contributed by atoms with Gasteiger partial charge >= 0.3 is 0 Å². The van der Waals surface area contributed by atoms with Crippen molar-refractivity contribution in [2.45, 2.75) is 32.4 Å². The maximum absolute atomic E-state index is 13.5. The molecule has 3 aromatic rings. The van der Waals surface area contributed by atoms with E-state index in [4.69, 9.17) is 11.6 Å². The van der Waals surface area contributed by atoms with Gasteiger partial charge in [0.2, 0.25) is 5.91 Å². The fourth-order valence-corrected chi connectivity index (χ4v) is 4.84. The Hall–Kier alpha value is -3.29. The number of carbonyl (C=O) groups is 2. The summed E-state index contributed by atoms with van der Waals surface area (Å²) < 4.78 is 0. The Morgan fingerprint density at radius 1 is 0.972 bits per heavy atom. The lowest BCUT2D eigenvalue weighted by molar-refractivity contribution is -0.119. The standard InChI is InChI=1S/C28H30ClN5O2/c29-24-10-9-23-20-33(28(36)25-18-30-11-12-31-25)16-15-32(19-21-5-2-1-3-6-21)13-4-14-34(26(23)17-24)27(35)22-7-8-22/h1-3,5-6,9-12,17-18,22H,4,7-8,13-16,19-20H2. The summed E-state index contributed by atoms with van der Waals surface area (Å²) in [5, 5.41) is 0.578. The molecular formula is C28H30ClN5O2. The predicted octanol–water partition coefficient (Wildman–Crippen LogP) is 4.42. The third-order valence-corrected chi connectivity index (χ3v) is 6.99. The van der Waals surface area contributed by atoms with Crippen LogP contribution in [0, 0.1) is 5.92 Å². The lowest BCUT2D eigenvalue weighted by Crippen LogP contribution is -2.39. The number of anilines is 1. The molecular weight excluding hydrogens is 474 g/mol. The van der Waals surface area contributed by atoms with Crippen molar-refractivity contribution < 1.29 is 9.59 Å². The fourth-order valence-electron chi connectivity index (χ4n) is 4.68. The van der Waals surface area contributed by atoms with Gasteiger partial charge in [-0.25, -0.2) is 4.98 Å². The Labute approximate surface area is 216 Å². The molecule has 0 radical (unpaired) electrons. The molecule has 7 nitrogen and oxygen atoms in total. The third-order valence-electron chi connectivity index (χ3n) is 6.75. The number of carbonyl (C=O) groups excluding carboxylic acids is 2. The molecule has 5 rings (SSSR count). The number of nitrogens with zero attached hydrogens (tertiary/aromatic N) is 5. The van der Waals surface area contributed by atoms with Gasteiger partial charge in [-0.15, -0.1) is 0 Å². The van der Waals surface area contributed by atoms with Gasteiger partial charge in [0.05, 0.1) is 11.9 Å². The molecule has 2 aromatic carbocycles. The topological polar surface area (TPSA) is 69.6 Å². The van der Waals surface area contributed by atoms with Crippen LogP contribution in [0.4, 0.5) is 5.69 Å². The first-order chi connectivity index (χ1) is 17.6. The van der Waals surface area contributed by atoms with Gasteiger partial charge in [0.15, 0.2) is 0 Å². The van der Waals surface area contributed by atoms with Crippen molar-refractivity contribution in [2.24, 2.45) is 5.92 Å². The Balaban J connectivity index is 1.48. The van der Waals surface area contributed by atoms with Crippen LogP contribution >= 0.6 is 11.6 Å². The number of halogens is 1. The number of fused-ring (bicyclic) bond motifs is 1. The van der Waals surface area contributed by atoms with Crippen LogP contribution in [-0.4, -0.2) is 57.8 Å². The smallest absolute Gasteiger partial charge is 0.274 e. The first-order valence-electron chi connectivity index (χ1n) is 12.5. The Bertz CT molecular complexity index is 1200. The number of amides is 2. The van der Waals surface area contributed by atoms with Crippen molar-refractivity contribution in [1.29, 1.82) is 0 Å². The molecule has 1 aliphatic heterocycles. The minimum atomic E-state index is -0.178. The van der Waals surface area contributed by atoms with Crippen molar-refractivity contribution in [3.8, 4) is 0 Å². The molecule has 0 bridgehead atoms. The summed E-state index contributed by atoms with van der Waals surface area (Å²) in [6.07, 6.45) is 7.29. The van der Waals surface area contributed by atoms with Gasteiger partial charge < -0.3 is 9.80 Å². The maximum atomic E-state index is 13.5. The molecule has 0 N–H and O–H groups in total. The van der Waals surface area contributed by atoms with Crippen LogP contribution in [0.25, 0.3) is 0 Å². The van der Waals surface area contributed by atoms with E-state index in [0.717, 1.165) is 43.6 Å². The van der Waals surface area contributed by atoms with E-state index in [9.17, 15) is 9.59 Å². The maximum Gasteiger partial charge on any atom is 0.274 e. The van der Waals surface area contributed by atoms with E-state index >= 15 is 0 Å². The molecule has 1 fully saturated rings. The number of hydrogen-bond acceptors (Lipinski definition) is 5. The van der Waals surface area contributed by atoms with Gasteiger partial charge in [0.1, 0.15) is 5.69 Å². The average molecular weight is 504 g/mol. The zero-order chi connectivity index (χ0) is 24.9. The van der Waals surface area contributed by atoms with E-state index in [1.54, 1.807) is 11.1 Å². The lowest BCUT2D eigenvalue weighted by atomic mass is 10.1. The molecule has 0 saturated heterocycles. The SMILES string of the molecule is O=C(c1cnccn1)N1CCN(Cc2ccccc2)CCCN(C(=O)C2CC2)c2cc(Cl)ccc2C1. The van der Waals surface area contributed by atoms with Gasteiger partial charge in [0.25, 0.3) is 5.91 Å². The van der Waals surface area contributed by atoms with Crippen molar-refractivity contribution in [2.75, 3.05) is 31.1 Å². The minimum absolute atomic E-state index is 0.0831. The van der Waals surface area contributed by atoms with Crippen molar-refractivity contribution in [3.63, 3.8) is 0 Å². The van der Waals surface area contributed by atoms with Crippen LogP contribution in [-0.2, 0) is 17.9 Å². The van der Waals surface area contributed by atoms with Crippen molar-refractivity contribution >= 4 is 29.1 Å². The molecule has 0 unspecified atom stereocenters. The number of rotatable bonds is 4. The second kappa shape index (κ2) is 11.2. The highest BCUT2D eigenvalue weighted by atomic mass is 35.5. The molecule has 0 atom stereocenters. The molecule has 8 heteroatoms. The number of hydrogen-bond donors (Lipinski definition) is 0. The number of benzene rings is 2. The van der Waals surface area contributed by atoms with Crippen LogP contribution < -0.4 is 4.90 Å². The van der Waals surface area contributed by atoms with Gasteiger partial charge in [-0.2, -0.15) is 0 Å². The van der Waals surface area contributed by atoms with Crippen molar-refractivity contribution in [1.82, 2.24) is 19.8 Å². The largest absolute Gasteiger partial charge is 0.332 e. The molecule has 186 valence electrons.